The molecule has 1 aliphatic heterocycles. The lowest BCUT2D eigenvalue weighted by atomic mass is 9.97. The minimum Gasteiger partial charge on any atom is -0.459 e. The maximum atomic E-state index is 14.6. The highest BCUT2D eigenvalue weighted by molar-refractivity contribution is 6.06. The molecule has 0 aliphatic carbocycles. The highest BCUT2D eigenvalue weighted by Crippen LogP contribution is 2.32. The highest BCUT2D eigenvalue weighted by atomic mass is 19.2. The van der Waals surface area contributed by atoms with E-state index in [1.165, 1.54) is 13.8 Å². The van der Waals surface area contributed by atoms with Crippen molar-refractivity contribution in [1.29, 1.82) is 0 Å². The van der Waals surface area contributed by atoms with Crippen molar-refractivity contribution in [3.63, 3.8) is 0 Å². The van der Waals surface area contributed by atoms with Gasteiger partial charge in [-0.3, -0.25) is 4.79 Å². The number of ether oxygens (including phenoxy) is 2. The first kappa shape index (κ1) is 31.3. The predicted molar refractivity (Wildman–Crippen MR) is 163 cm³/mol. The van der Waals surface area contributed by atoms with E-state index in [9.17, 15) is 23.2 Å². The number of halogens is 2. The zero-order chi connectivity index (χ0) is 32.7. The number of alkyl carbamates (subject to hydrolysis) is 1. The molecular weight excluding hydrogens is 584 g/mol. The number of hydrogen-bond acceptors (Lipinski definition) is 8. The number of benzene rings is 3. The molecule has 0 radical (unpaired) electrons. The standard InChI is InChI=1S/C33H33F2N5O5/c1-32(2,3)45-31(43)39-33(4,5)29(42)44-17-21-13-24(34)25(35)14-22(21)18-10-11-26-23(12-18)27(38-30(36)37-26)28(41)40-15-19-8-6-7-9-20(19)16-40/h6-14H,15-17H2,1-5H3,(H,39,43)(H2,36,37,38). The predicted octanol–water partition coefficient (Wildman–Crippen LogP) is 5.66. The third kappa shape index (κ3) is 6.84. The first-order chi connectivity index (χ1) is 21.1. The van der Waals surface area contributed by atoms with Gasteiger partial charge in [-0.25, -0.2) is 28.3 Å². The van der Waals surface area contributed by atoms with E-state index in [-0.39, 0.29) is 28.7 Å². The normalized spacial score (nSPS) is 13.0. The summed E-state index contributed by atoms with van der Waals surface area (Å²) in [6.45, 7) is 8.26. The molecule has 0 saturated carbocycles. The van der Waals surface area contributed by atoms with E-state index in [1.807, 2.05) is 24.3 Å². The Morgan fingerprint density at radius 3 is 2.22 bits per heavy atom. The summed E-state index contributed by atoms with van der Waals surface area (Å²) in [5, 5.41) is 2.82. The average Bonchev–Trinajstić information content (AvgIpc) is 3.39. The van der Waals surface area contributed by atoms with Crippen molar-refractivity contribution >= 4 is 34.8 Å². The molecule has 4 aromatic rings. The Hall–Kier alpha value is -5.13. The molecule has 2 heterocycles. The van der Waals surface area contributed by atoms with Crippen LogP contribution in [0.3, 0.4) is 0 Å². The van der Waals surface area contributed by atoms with E-state index in [2.05, 4.69) is 15.3 Å². The van der Waals surface area contributed by atoms with Gasteiger partial charge in [-0.1, -0.05) is 30.3 Å². The number of nitrogen functional groups attached to an aromatic ring is 1. The summed E-state index contributed by atoms with van der Waals surface area (Å²) in [6.07, 6.45) is -0.819. The van der Waals surface area contributed by atoms with E-state index in [4.69, 9.17) is 15.2 Å². The van der Waals surface area contributed by atoms with Crippen molar-refractivity contribution in [1.82, 2.24) is 20.2 Å². The summed E-state index contributed by atoms with van der Waals surface area (Å²) in [7, 11) is 0. The van der Waals surface area contributed by atoms with Crippen LogP contribution in [-0.4, -0.2) is 44.0 Å². The third-order valence-electron chi connectivity index (χ3n) is 7.18. The van der Waals surface area contributed by atoms with Gasteiger partial charge in [0.05, 0.1) is 5.52 Å². The van der Waals surface area contributed by atoms with Gasteiger partial charge in [0.1, 0.15) is 23.4 Å². The number of esters is 1. The van der Waals surface area contributed by atoms with Crippen LogP contribution in [0.1, 0.15) is 61.8 Å². The number of fused-ring (bicyclic) bond motifs is 2. The number of anilines is 1. The van der Waals surface area contributed by atoms with Crippen molar-refractivity contribution in [2.75, 3.05) is 5.73 Å². The van der Waals surface area contributed by atoms with Gasteiger partial charge in [0.2, 0.25) is 5.95 Å². The topological polar surface area (TPSA) is 137 Å². The van der Waals surface area contributed by atoms with Crippen molar-refractivity contribution in [3.8, 4) is 11.1 Å². The number of nitrogens with zero attached hydrogens (tertiary/aromatic N) is 3. The Balaban J connectivity index is 1.44. The summed E-state index contributed by atoms with van der Waals surface area (Å²) in [4.78, 5) is 49.0. The molecule has 2 amide bonds. The van der Waals surface area contributed by atoms with Crippen molar-refractivity contribution < 1.29 is 32.6 Å². The molecule has 10 nitrogen and oxygen atoms in total. The van der Waals surface area contributed by atoms with Crippen LogP contribution in [0.15, 0.2) is 54.6 Å². The van der Waals surface area contributed by atoms with Gasteiger partial charge < -0.3 is 25.4 Å². The van der Waals surface area contributed by atoms with Crippen molar-refractivity contribution in [3.05, 3.63) is 88.6 Å². The first-order valence-corrected chi connectivity index (χ1v) is 14.2. The second-order valence-electron chi connectivity index (χ2n) is 12.3. The van der Waals surface area contributed by atoms with Gasteiger partial charge in [0, 0.05) is 24.0 Å². The summed E-state index contributed by atoms with van der Waals surface area (Å²) in [6, 6.07) is 14.5. The minimum atomic E-state index is -1.49. The fourth-order valence-electron chi connectivity index (χ4n) is 5.01. The first-order valence-electron chi connectivity index (χ1n) is 14.2. The molecule has 234 valence electrons. The Bertz CT molecular complexity index is 1810. The SMILES string of the molecule is CC(C)(C)OC(=O)NC(C)(C)C(=O)OCc1cc(F)c(F)cc1-c1ccc2nc(N)nc(C(=O)N3Cc4ccccc4C3)c2c1. The number of hydrogen-bond donors (Lipinski definition) is 2. The zero-order valence-corrected chi connectivity index (χ0v) is 25.5. The number of aromatic nitrogens is 2. The molecule has 3 aromatic carbocycles. The lowest BCUT2D eigenvalue weighted by Crippen LogP contribution is -2.51. The zero-order valence-electron chi connectivity index (χ0n) is 25.5. The van der Waals surface area contributed by atoms with Gasteiger partial charge in [-0.2, -0.15) is 0 Å². The Labute approximate surface area is 258 Å². The number of nitrogens with two attached hydrogens (primary N) is 1. The smallest absolute Gasteiger partial charge is 0.408 e. The van der Waals surface area contributed by atoms with Crippen LogP contribution in [0.5, 0.6) is 0 Å². The molecule has 0 spiro atoms. The lowest BCUT2D eigenvalue weighted by molar-refractivity contribution is -0.151. The maximum absolute atomic E-state index is 14.6. The molecule has 1 aromatic heterocycles. The number of rotatable bonds is 6. The fourth-order valence-corrected chi connectivity index (χ4v) is 5.01. The molecule has 45 heavy (non-hydrogen) atoms. The van der Waals surface area contributed by atoms with Crippen LogP contribution >= 0.6 is 0 Å². The van der Waals surface area contributed by atoms with E-state index in [0.29, 0.717) is 29.6 Å². The molecule has 12 heteroatoms. The molecule has 0 atom stereocenters. The average molecular weight is 618 g/mol. The minimum absolute atomic E-state index is 0.0673. The quantitative estimate of drug-likeness (QED) is 0.265. The van der Waals surface area contributed by atoms with Crippen molar-refractivity contribution in [2.24, 2.45) is 0 Å². The summed E-state index contributed by atoms with van der Waals surface area (Å²) < 4.78 is 39.7. The maximum Gasteiger partial charge on any atom is 0.408 e. The number of carbonyl (C=O) groups is 3. The van der Waals surface area contributed by atoms with Gasteiger partial charge in [0.15, 0.2) is 11.6 Å². The number of amides is 2. The lowest BCUT2D eigenvalue weighted by Gasteiger charge is -2.27. The Kier molecular flexibility index (Phi) is 8.17. The summed E-state index contributed by atoms with van der Waals surface area (Å²) in [5.74, 6) is -3.53. The number of nitrogens with one attached hydrogen (secondary N) is 1. The molecular formula is C33H33F2N5O5. The molecule has 0 fully saturated rings. The van der Waals surface area contributed by atoms with Gasteiger partial charge in [-0.15, -0.1) is 0 Å². The number of carbonyl (C=O) groups excluding carboxylic acids is 3. The van der Waals surface area contributed by atoms with Gasteiger partial charge in [0.25, 0.3) is 5.91 Å². The van der Waals surface area contributed by atoms with Crippen LogP contribution in [0.2, 0.25) is 0 Å². The fraction of sp³-hybridized carbons (Fsp3) is 0.303. The van der Waals surface area contributed by atoms with E-state index in [1.54, 1.807) is 43.9 Å². The molecule has 3 N–H and O–H groups in total. The second kappa shape index (κ2) is 11.8. The molecule has 0 saturated heterocycles. The largest absolute Gasteiger partial charge is 0.459 e. The van der Waals surface area contributed by atoms with Gasteiger partial charge in [-0.05, 0) is 81.1 Å². The third-order valence-corrected chi connectivity index (χ3v) is 7.18. The van der Waals surface area contributed by atoms with E-state index in [0.717, 1.165) is 23.3 Å². The molecule has 0 unspecified atom stereocenters. The monoisotopic (exact) mass is 617 g/mol. The summed E-state index contributed by atoms with van der Waals surface area (Å²) >= 11 is 0. The molecule has 5 rings (SSSR count). The van der Waals surface area contributed by atoms with Crippen LogP contribution in [-0.2, 0) is 34.0 Å². The van der Waals surface area contributed by atoms with E-state index >= 15 is 0 Å². The summed E-state index contributed by atoms with van der Waals surface area (Å²) in [5.41, 5.74) is 6.94. The van der Waals surface area contributed by atoms with Crippen LogP contribution in [0.4, 0.5) is 19.5 Å². The Morgan fingerprint density at radius 1 is 0.933 bits per heavy atom. The highest BCUT2D eigenvalue weighted by Gasteiger charge is 2.33. The molecule has 1 aliphatic rings. The van der Waals surface area contributed by atoms with Crippen LogP contribution < -0.4 is 11.1 Å². The molecule has 0 bridgehead atoms. The van der Waals surface area contributed by atoms with Crippen LogP contribution in [0.25, 0.3) is 22.0 Å². The van der Waals surface area contributed by atoms with Gasteiger partial charge >= 0.3 is 12.1 Å². The van der Waals surface area contributed by atoms with Crippen molar-refractivity contribution in [2.45, 2.75) is 65.5 Å². The van der Waals surface area contributed by atoms with Crippen LogP contribution in [0, 0.1) is 11.6 Å². The second-order valence-corrected chi connectivity index (χ2v) is 12.3. The Morgan fingerprint density at radius 2 is 1.58 bits per heavy atom. The van der Waals surface area contributed by atoms with E-state index < -0.39 is 41.4 Å².